The first-order chi connectivity index (χ1) is 9.50. The van der Waals surface area contributed by atoms with Crippen LogP contribution < -0.4 is 0 Å². The average molecular weight is 315 g/mol. The fraction of sp³-hybridized carbons (Fsp3) is 0.231. The topological polar surface area (TPSA) is 37.4 Å². The molecule has 0 spiro atoms. The maximum Gasteiger partial charge on any atom is 0.249 e. The van der Waals surface area contributed by atoms with Gasteiger partial charge in [0.25, 0.3) is 0 Å². The van der Waals surface area contributed by atoms with Gasteiger partial charge in [-0.1, -0.05) is 6.07 Å². The summed E-state index contributed by atoms with van der Waals surface area (Å²) < 4.78 is 53.3. The Hall–Kier alpha value is -1.31. The molecule has 0 radical (unpaired) electrons. The molecule has 0 unspecified atom stereocenters. The molecule has 0 aliphatic carbocycles. The van der Waals surface area contributed by atoms with Gasteiger partial charge in [-0.25, -0.2) is 17.2 Å². The minimum absolute atomic E-state index is 0.162. The van der Waals surface area contributed by atoms with E-state index < -0.39 is 26.6 Å². The summed E-state index contributed by atoms with van der Waals surface area (Å²) in [5.74, 6) is -2.11. The van der Waals surface area contributed by atoms with Crippen molar-refractivity contribution >= 4 is 21.4 Å². The van der Waals surface area contributed by atoms with Crippen LogP contribution in [0, 0.1) is 11.6 Å². The van der Waals surface area contributed by atoms with Crippen molar-refractivity contribution in [3.05, 3.63) is 51.7 Å². The van der Waals surface area contributed by atoms with Crippen molar-refractivity contribution in [1.29, 1.82) is 0 Å². The number of rotatable bonds is 2. The van der Waals surface area contributed by atoms with E-state index in [0.29, 0.717) is 6.42 Å². The van der Waals surface area contributed by atoms with Gasteiger partial charge in [0.05, 0.1) is 0 Å². The normalized spacial score (nSPS) is 16.1. The third-order valence-electron chi connectivity index (χ3n) is 3.29. The number of hydrogen-bond donors (Lipinski definition) is 0. The number of halogens is 2. The van der Waals surface area contributed by atoms with E-state index in [1.165, 1.54) is 0 Å². The van der Waals surface area contributed by atoms with E-state index in [-0.39, 0.29) is 13.1 Å². The molecule has 106 valence electrons. The van der Waals surface area contributed by atoms with E-state index in [4.69, 9.17) is 0 Å². The van der Waals surface area contributed by atoms with Gasteiger partial charge < -0.3 is 0 Å². The minimum atomic E-state index is -4.16. The number of benzene rings is 1. The molecule has 0 amide bonds. The first-order valence-electron chi connectivity index (χ1n) is 5.99. The lowest BCUT2D eigenvalue weighted by Gasteiger charge is -2.26. The monoisotopic (exact) mass is 315 g/mol. The molecule has 0 saturated heterocycles. The van der Waals surface area contributed by atoms with E-state index in [9.17, 15) is 17.2 Å². The van der Waals surface area contributed by atoms with Crippen molar-refractivity contribution in [1.82, 2.24) is 4.31 Å². The summed E-state index contributed by atoms with van der Waals surface area (Å²) in [5, 5.41) is 1.89. The summed E-state index contributed by atoms with van der Waals surface area (Å²) in [5.41, 5.74) is 0.904. The number of hydrogen-bond acceptors (Lipinski definition) is 3. The molecule has 1 aromatic heterocycles. The molecular weight excluding hydrogens is 304 g/mol. The summed E-state index contributed by atoms with van der Waals surface area (Å²) in [6.07, 6.45) is 0.572. The lowest BCUT2D eigenvalue weighted by Crippen LogP contribution is -2.36. The van der Waals surface area contributed by atoms with E-state index >= 15 is 0 Å². The maximum atomic E-state index is 13.7. The van der Waals surface area contributed by atoms with E-state index in [0.717, 1.165) is 32.9 Å². The van der Waals surface area contributed by atoms with Gasteiger partial charge in [0.2, 0.25) is 10.0 Å². The van der Waals surface area contributed by atoms with Crippen molar-refractivity contribution in [2.45, 2.75) is 17.9 Å². The van der Waals surface area contributed by atoms with Crippen LogP contribution in [0.15, 0.2) is 34.5 Å². The number of thiophene rings is 1. The van der Waals surface area contributed by atoms with Crippen molar-refractivity contribution in [2.75, 3.05) is 6.54 Å². The highest BCUT2D eigenvalue weighted by molar-refractivity contribution is 7.89. The first-order valence-corrected chi connectivity index (χ1v) is 8.31. The molecule has 0 bridgehead atoms. The lowest BCUT2D eigenvalue weighted by atomic mass is 10.1. The van der Waals surface area contributed by atoms with Crippen LogP contribution in [0.25, 0.3) is 0 Å². The number of nitrogens with zero attached hydrogens (tertiary/aromatic N) is 1. The van der Waals surface area contributed by atoms with Crippen LogP contribution in [0.5, 0.6) is 0 Å². The zero-order chi connectivity index (χ0) is 14.3. The Kier molecular flexibility index (Phi) is 3.35. The van der Waals surface area contributed by atoms with Crippen LogP contribution in [-0.2, 0) is 23.0 Å². The Bertz CT molecular complexity index is 735. The van der Waals surface area contributed by atoms with Gasteiger partial charge in [0.1, 0.15) is 11.6 Å². The summed E-state index contributed by atoms with van der Waals surface area (Å²) >= 11 is 1.57. The molecule has 2 heterocycles. The molecule has 7 heteroatoms. The van der Waals surface area contributed by atoms with E-state index in [1.807, 2.05) is 11.4 Å². The average Bonchev–Trinajstić information content (AvgIpc) is 2.85. The molecule has 2 aromatic rings. The summed E-state index contributed by atoms with van der Waals surface area (Å²) in [6.45, 7) is 0.401. The Morgan fingerprint density at radius 1 is 1.15 bits per heavy atom. The molecule has 1 aliphatic rings. The molecule has 0 fully saturated rings. The predicted octanol–water partition coefficient (Wildman–Crippen LogP) is 2.77. The van der Waals surface area contributed by atoms with Crippen molar-refractivity contribution in [3.8, 4) is 0 Å². The smallest absolute Gasteiger partial charge is 0.207 e. The van der Waals surface area contributed by atoms with Gasteiger partial charge in [-0.05, 0) is 35.6 Å². The Labute approximate surface area is 119 Å². The van der Waals surface area contributed by atoms with E-state index in [2.05, 4.69) is 0 Å². The molecule has 0 saturated carbocycles. The van der Waals surface area contributed by atoms with Crippen LogP contribution >= 0.6 is 11.3 Å². The molecule has 0 N–H and O–H groups in total. The van der Waals surface area contributed by atoms with Gasteiger partial charge in [-0.3, -0.25) is 0 Å². The Morgan fingerprint density at radius 3 is 2.55 bits per heavy atom. The van der Waals surface area contributed by atoms with Crippen LogP contribution in [-0.4, -0.2) is 19.3 Å². The van der Waals surface area contributed by atoms with Gasteiger partial charge in [0.15, 0.2) is 4.90 Å². The third kappa shape index (κ3) is 2.15. The van der Waals surface area contributed by atoms with E-state index in [1.54, 1.807) is 11.3 Å². The van der Waals surface area contributed by atoms with Gasteiger partial charge in [0, 0.05) is 18.0 Å². The maximum absolute atomic E-state index is 13.7. The second kappa shape index (κ2) is 4.91. The molecule has 1 aromatic carbocycles. The molecule has 20 heavy (non-hydrogen) atoms. The molecular formula is C13H11F2NO2S2. The Morgan fingerprint density at radius 2 is 1.85 bits per heavy atom. The molecule has 3 nitrogen and oxygen atoms in total. The van der Waals surface area contributed by atoms with Crippen molar-refractivity contribution < 1.29 is 17.2 Å². The van der Waals surface area contributed by atoms with Crippen molar-refractivity contribution in [3.63, 3.8) is 0 Å². The lowest BCUT2D eigenvalue weighted by molar-refractivity contribution is 0.386. The van der Waals surface area contributed by atoms with Crippen LogP contribution in [0.3, 0.4) is 0 Å². The number of fused-ring (bicyclic) bond motifs is 1. The second-order valence-corrected chi connectivity index (χ2v) is 7.38. The zero-order valence-electron chi connectivity index (χ0n) is 10.3. The van der Waals surface area contributed by atoms with Crippen LogP contribution in [0.2, 0.25) is 0 Å². The van der Waals surface area contributed by atoms with Crippen molar-refractivity contribution in [2.24, 2.45) is 0 Å². The van der Waals surface area contributed by atoms with Gasteiger partial charge >= 0.3 is 0 Å². The second-order valence-electron chi connectivity index (χ2n) is 4.51. The van der Waals surface area contributed by atoms with Gasteiger partial charge in [-0.2, -0.15) is 4.31 Å². The number of sulfonamides is 1. The zero-order valence-corrected chi connectivity index (χ0v) is 12.0. The fourth-order valence-electron chi connectivity index (χ4n) is 2.29. The Balaban J connectivity index is 2.02. The highest BCUT2D eigenvalue weighted by atomic mass is 32.2. The molecule has 1 aliphatic heterocycles. The largest absolute Gasteiger partial charge is 0.249 e. The summed E-state index contributed by atoms with van der Waals surface area (Å²) in [6, 6.07) is 4.90. The first kappa shape index (κ1) is 13.7. The van der Waals surface area contributed by atoms with Gasteiger partial charge in [-0.15, -0.1) is 11.3 Å². The summed E-state index contributed by atoms with van der Waals surface area (Å²) in [7, 11) is -4.16. The fourth-order valence-corrected chi connectivity index (χ4v) is 4.70. The molecule has 0 atom stereocenters. The van der Waals surface area contributed by atoms with Crippen LogP contribution in [0.4, 0.5) is 8.78 Å². The van der Waals surface area contributed by atoms with Crippen LogP contribution in [0.1, 0.15) is 10.4 Å². The quantitative estimate of drug-likeness (QED) is 0.854. The SMILES string of the molecule is O=S(=O)(c1c(F)cccc1F)N1CCc2sccc2C1. The summed E-state index contributed by atoms with van der Waals surface area (Å²) in [4.78, 5) is 0.268. The highest BCUT2D eigenvalue weighted by Crippen LogP contribution is 2.29. The third-order valence-corrected chi connectivity index (χ3v) is 6.21. The molecule has 3 rings (SSSR count). The predicted molar refractivity (Wildman–Crippen MR) is 72.0 cm³/mol. The highest BCUT2D eigenvalue weighted by Gasteiger charge is 2.33. The standard InChI is InChI=1S/C13H11F2NO2S2/c14-10-2-1-3-11(15)13(10)20(17,18)16-6-4-12-9(8-16)5-7-19-12/h1-3,5,7H,4,6,8H2. The minimum Gasteiger partial charge on any atom is -0.207 e.